The van der Waals surface area contributed by atoms with Crippen molar-refractivity contribution in [3.05, 3.63) is 35.9 Å². The van der Waals surface area contributed by atoms with Crippen LogP contribution in [0, 0.1) is 5.41 Å². The van der Waals surface area contributed by atoms with Crippen molar-refractivity contribution in [2.45, 2.75) is 12.8 Å². The summed E-state index contributed by atoms with van der Waals surface area (Å²) in [6.07, 6.45) is 2.46. The minimum absolute atomic E-state index is 0. The summed E-state index contributed by atoms with van der Waals surface area (Å²) in [7, 11) is 0. The van der Waals surface area contributed by atoms with E-state index in [4.69, 9.17) is 5.41 Å². The van der Waals surface area contributed by atoms with Crippen LogP contribution in [0.1, 0.15) is 18.4 Å². The third-order valence-electron chi connectivity index (χ3n) is 2.47. The van der Waals surface area contributed by atoms with Crippen LogP contribution in [-0.4, -0.2) is 23.8 Å². The third kappa shape index (κ3) is 2.47. The molecule has 76 valence electrons. The van der Waals surface area contributed by atoms with Crippen molar-refractivity contribution >= 4 is 29.8 Å². The predicted molar refractivity (Wildman–Crippen MR) is 69.5 cm³/mol. The van der Waals surface area contributed by atoms with E-state index in [0.29, 0.717) is 5.84 Å². The van der Waals surface area contributed by atoms with E-state index >= 15 is 0 Å². The molecule has 0 saturated carbocycles. The number of likely N-dealkylation sites (tertiary alicyclic amines) is 1. The molecule has 1 N–H and O–H groups in total. The molecule has 2 rings (SSSR count). The van der Waals surface area contributed by atoms with Gasteiger partial charge in [0.2, 0.25) is 0 Å². The van der Waals surface area contributed by atoms with Crippen LogP contribution in [0.2, 0.25) is 0 Å². The van der Waals surface area contributed by atoms with Gasteiger partial charge in [0.05, 0.1) is 0 Å². The topological polar surface area (TPSA) is 27.1 Å². The lowest BCUT2D eigenvalue weighted by Gasteiger charge is -2.18. The minimum Gasteiger partial charge on any atom is -0.357 e. The first-order chi connectivity index (χ1) is 6.38. The average molecular weight is 302 g/mol. The Morgan fingerprint density at radius 2 is 1.64 bits per heavy atom. The first-order valence-corrected chi connectivity index (χ1v) is 4.77. The molecule has 0 spiro atoms. The number of nitrogens with one attached hydrogen (secondary N) is 1. The maximum Gasteiger partial charge on any atom is 0.128 e. The molecule has 2 nitrogen and oxygen atoms in total. The zero-order chi connectivity index (χ0) is 9.10. The van der Waals surface area contributed by atoms with Gasteiger partial charge >= 0.3 is 0 Å². The van der Waals surface area contributed by atoms with Crippen molar-refractivity contribution in [2.75, 3.05) is 13.1 Å². The molecular formula is C11H15IN2. The Morgan fingerprint density at radius 3 is 2.21 bits per heavy atom. The first kappa shape index (κ1) is 11.5. The van der Waals surface area contributed by atoms with Gasteiger partial charge in [-0.15, -0.1) is 24.0 Å². The lowest BCUT2D eigenvalue weighted by molar-refractivity contribution is 0.517. The van der Waals surface area contributed by atoms with Gasteiger partial charge in [0.1, 0.15) is 5.84 Å². The van der Waals surface area contributed by atoms with Crippen LogP contribution in [0.15, 0.2) is 30.3 Å². The molecule has 3 heteroatoms. The number of benzene rings is 1. The molecule has 1 aliphatic heterocycles. The summed E-state index contributed by atoms with van der Waals surface area (Å²) >= 11 is 0. The highest BCUT2D eigenvalue weighted by molar-refractivity contribution is 14.0. The fourth-order valence-electron chi connectivity index (χ4n) is 1.72. The Kier molecular flexibility index (Phi) is 4.38. The van der Waals surface area contributed by atoms with E-state index in [1.165, 1.54) is 12.8 Å². The molecule has 0 aromatic heterocycles. The van der Waals surface area contributed by atoms with Crippen molar-refractivity contribution in [3.63, 3.8) is 0 Å². The van der Waals surface area contributed by atoms with Gasteiger partial charge in [0.15, 0.2) is 0 Å². The minimum atomic E-state index is 0. The Hall–Kier alpha value is -0.580. The van der Waals surface area contributed by atoms with Gasteiger partial charge in [-0.1, -0.05) is 30.3 Å². The summed E-state index contributed by atoms with van der Waals surface area (Å²) in [6, 6.07) is 9.96. The number of amidine groups is 1. The number of nitrogens with zero attached hydrogens (tertiary/aromatic N) is 1. The molecule has 1 heterocycles. The second-order valence-corrected chi connectivity index (χ2v) is 3.41. The monoisotopic (exact) mass is 302 g/mol. The van der Waals surface area contributed by atoms with Crippen molar-refractivity contribution in [1.29, 1.82) is 5.41 Å². The molecule has 0 atom stereocenters. The van der Waals surface area contributed by atoms with E-state index in [-0.39, 0.29) is 24.0 Å². The molecule has 0 amide bonds. The third-order valence-corrected chi connectivity index (χ3v) is 2.47. The Morgan fingerprint density at radius 1 is 1.07 bits per heavy atom. The van der Waals surface area contributed by atoms with E-state index in [2.05, 4.69) is 4.90 Å². The summed E-state index contributed by atoms with van der Waals surface area (Å²) in [5.74, 6) is 0.679. The summed E-state index contributed by atoms with van der Waals surface area (Å²) < 4.78 is 0. The molecule has 0 unspecified atom stereocenters. The zero-order valence-corrected chi connectivity index (χ0v) is 10.4. The maximum absolute atomic E-state index is 7.95. The quantitative estimate of drug-likeness (QED) is 0.482. The predicted octanol–water partition coefficient (Wildman–Crippen LogP) is 2.73. The highest BCUT2D eigenvalue weighted by Gasteiger charge is 2.15. The summed E-state index contributed by atoms with van der Waals surface area (Å²) in [6.45, 7) is 2.10. The second kappa shape index (κ2) is 5.34. The van der Waals surface area contributed by atoms with Gasteiger partial charge in [0.25, 0.3) is 0 Å². The Labute approximate surface area is 102 Å². The highest BCUT2D eigenvalue weighted by Crippen LogP contribution is 2.12. The molecule has 14 heavy (non-hydrogen) atoms. The second-order valence-electron chi connectivity index (χ2n) is 3.41. The van der Waals surface area contributed by atoms with Crippen LogP contribution in [0.4, 0.5) is 0 Å². The van der Waals surface area contributed by atoms with Gasteiger partial charge < -0.3 is 4.90 Å². The fraction of sp³-hybridized carbons (Fsp3) is 0.364. The van der Waals surface area contributed by atoms with Crippen molar-refractivity contribution in [1.82, 2.24) is 4.90 Å². The smallest absolute Gasteiger partial charge is 0.128 e. The molecule has 1 aliphatic rings. The highest BCUT2D eigenvalue weighted by atomic mass is 127. The van der Waals surface area contributed by atoms with Gasteiger partial charge in [-0.3, -0.25) is 5.41 Å². The van der Waals surface area contributed by atoms with Crippen molar-refractivity contribution in [3.8, 4) is 0 Å². The molecule has 0 bridgehead atoms. The summed E-state index contributed by atoms with van der Waals surface area (Å²) in [4.78, 5) is 2.15. The SMILES string of the molecule is I.N=C(c1ccccc1)N1CCCC1. The maximum atomic E-state index is 7.95. The lowest BCUT2D eigenvalue weighted by Crippen LogP contribution is -2.27. The molecule has 0 radical (unpaired) electrons. The van der Waals surface area contributed by atoms with Crippen LogP contribution in [0.3, 0.4) is 0 Å². The number of halogens is 1. The van der Waals surface area contributed by atoms with Crippen molar-refractivity contribution < 1.29 is 0 Å². The first-order valence-electron chi connectivity index (χ1n) is 4.77. The van der Waals surface area contributed by atoms with Crippen LogP contribution in [0.25, 0.3) is 0 Å². The normalized spacial score (nSPS) is 15.0. The molecular weight excluding hydrogens is 287 g/mol. The van der Waals surface area contributed by atoms with Gasteiger partial charge in [-0.2, -0.15) is 0 Å². The largest absolute Gasteiger partial charge is 0.357 e. The van der Waals surface area contributed by atoms with Gasteiger partial charge in [-0.05, 0) is 12.8 Å². The van der Waals surface area contributed by atoms with Crippen LogP contribution in [0.5, 0.6) is 0 Å². The van der Waals surface area contributed by atoms with Crippen LogP contribution in [-0.2, 0) is 0 Å². The summed E-state index contributed by atoms with van der Waals surface area (Å²) in [5, 5.41) is 7.95. The van der Waals surface area contributed by atoms with E-state index in [9.17, 15) is 0 Å². The number of hydrogen-bond acceptors (Lipinski definition) is 1. The standard InChI is InChI=1S/C11H14N2.HI/c12-11(13-8-4-5-9-13)10-6-2-1-3-7-10;/h1-3,6-7,12H,4-5,8-9H2;1H. The average Bonchev–Trinajstić information content (AvgIpc) is 2.71. The Bertz CT molecular complexity index is 291. The zero-order valence-electron chi connectivity index (χ0n) is 8.07. The van der Waals surface area contributed by atoms with E-state index in [1.54, 1.807) is 0 Å². The van der Waals surface area contributed by atoms with Crippen molar-refractivity contribution in [2.24, 2.45) is 0 Å². The van der Waals surface area contributed by atoms with E-state index in [0.717, 1.165) is 18.7 Å². The number of rotatable bonds is 1. The molecule has 0 aliphatic carbocycles. The molecule has 1 aromatic carbocycles. The number of hydrogen-bond donors (Lipinski definition) is 1. The Balaban J connectivity index is 0.000000980. The van der Waals surface area contributed by atoms with E-state index in [1.807, 2.05) is 30.3 Å². The lowest BCUT2D eigenvalue weighted by atomic mass is 10.2. The van der Waals surface area contributed by atoms with Gasteiger partial charge in [0, 0.05) is 18.7 Å². The molecule has 1 saturated heterocycles. The van der Waals surface area contributed by atoms with Crippen LogP contribution < -0.4 is 0 Å². The van der Waals surface area contributed by atoms with E-state index < -0.39 is 0 Å². The molecule has 1 aromatic rings. The van der Waals surface area contributed by atoms with Gasteiger partial charge in [-0.25, -0.2) is 0 Å². The summed E-state index contributed by atoms with van der Waals surface area (Å²) in [5.41, 5.74) is 1.03. The van der Waals surface area contributed by atoms with Crippen LogP contribution >= 0.6 is 24.0 Å². The molecule has 1 fully saturated rings. The fourth-order valence-corrected chi connectivity index (χ4v) is 1.72.